The lowest BCUT2D eigenvalue weighted by Gasteiger charge is -2.15. The van der Waals surface area contributed by atoms with Gasteiger partial charge < -0.3 is 9.64 Å². The van der Waals surface area contributed by atoms with Gasteiger partial charge in [0, 0.05) is 24.6 Å². The molecule has 0 aliphatic rings. The van der Waals surface area contributed by atoms with E-state index in [9.17, 15) is 13.8 Å². The second kappa shape index (κ2) is 8.07. The largest absolute Gasteiger partial charge is 0.414 e. The molecule has 0 bridgehead atoms. The van der Waals surface area contributed by atoms with Crippen molar-refractivity contribution in [2.75, 3.05) is 19.8 Å². The molecule has 0 radical (unpaired) electrons. The van der Waals surface area contributed by atoms with E-state index in [1.54, 1.807) is 64.3 Å². The number of hydrogen-bond donors (Lipinski definition) is 0. The lowest BCUT2D eigenvalue weighted by Crippen LogP contribution is -2.26. The molecular weight excluding hydrogens is 338 g/mol. The molecule has 0 aliphatic heterocycles. The minimum Gasteiger partial charge on any atom is -0.410 e. The van der Waals surface area contributed by atoms with E-state index in [-0.39, 0.29) is 11.5 Å². The van der Waals surface area contributed by atoms with Crippen LogP contribution in [-0.2, 0) is 10.8 Å². The van der Waals surface area contributed by atoms with Gasteiger partial charge in [-0.05, 0) is 49.2 Å². The molecule has 0 saturated heterocycles. The molecule has 0 heterocycles. The molecule has 1 atom stereocenters. The van der Waals surface area contributed by atoms with Gasteiger partial charge in [0.15, 0.2) is 5.78 Å². The molecule has 0 N–H and O–H groups in total. The molecule has 0 spiro atoms. The summed E-state index contributed by atoms with van der Waals surface area (Å²) < 4.78 is 17.6. The van der Waals surface area contributed by atoms with Crippen molar-refractivity contribution in [3.05, 3.63) is 59.2 Å². The highest BCUT2D eigenvalue weighted by Gasteiger charge is 2.17. The Morgan fingerprint density at radius 2 is 1.60 bits per heavy atom. The summed E-state index contributed by atoms with van der Waals surface area (Å²) in [4.78, 5) is 26.2. The summed E-state index contributed by atoms with van der Waals surface area (Å²) in [6, 6.07) is 12.2. The van der Waals surface area contributed by atoms with E-state index in [4.69, 9.17) is 4.74 Å². The Balaban J connectivity index is 2.18. The molecule has 25 heavy (non-hydrogen) atoms. The first-order valence-corrected chi connectivity index (χ1v) is 9.08. The summed E-state index contributed by atoms with van der Waals surface area (Å²) in [5.74, 6) is 0.151. The zero-order valence-corrected chi connectivity index (χ0v) is 15.6. The van der Waals surface area contributed by atoms with E-state index in [0.717, 1.165) is 0 Å². The smallest absolute Gasteiger partial charge is 0.410 e. The van der Waals surface area contributed by atoms with Crippen LogP contribution in [0.3, 0.4) is 0 Å². The van der Waals surface area contributed by atoms with Crippen LogP contribution in [0.2, 0.25) is 0 Å². The van der Waals surface area contributed by atoms with Crippen molar-refractivity contribution in [2.45, 2.75) is 18.7 Å². The third-order valence-electron chi connectivity index (χ3n) is 3.61. The number of ether oxygens (including phenoxy) is 1. The van der Waals surface area contributed by atoms with Gasteiger partial charge in [-0.1, -0.05) is 18.2 Å². The van der Waals surface area contributed by atoms with Crippen LogP contribution in [-0.4, -0.2) is 40.8 Å². The first kappa shape index (κ1) is 18.9. The summed E-state index contributed by atoms with van der Waals surface area (Å²) >= 11 is 0. The Bertz CT molecular complexity index is 792. The molecule has 6 heteroatoms. The number of aryl methyl sites for hydroxylation is 2. The van der Waals surface area contributed by atoms with Gasteiger partial charge in [0.1, 0.15) is 5.75 Å². The molecule has 2 aromatic carbocycles. The summed E-state index contributed by atoms with van der Waals surface area (Å²) in [5, 5.41) is 0. The Labute approximate surface area is 150 Å². The average molecular weight is 359 g/mol. The predicted octanol–water partition coefficient (Wildman–Crippen LogP) is 3.35. The number of carbonyl (C=O) groups is 2. The maximum atomic E-state index is 12.5. The zero-order valence-electron chi connectivity index (χ0n) is 14.7. The minimum atomic E-state index is -1.39. The van der Waals surface area contributed by atoms with Crippen molar-refractivity contribution < 1.29 is 18.5 Å². The van der Waals surface area contributed by atoms with Gasteiger partial charge in [-0.2, -0.15) is 0 Å². The van der Waals surface area contributed by atoms with E-state index in [1.807, 2.05) is 6.07 Å². The topological polar surface area (TPSA) is 63.7 Å². The van der Waals surface area contributed by atoms with Crippen molar-refractivity contribution in [3.63, 3.8) is 0 Å². The van der Waals surface area contributed by atoms with Gasteiger partial charge in [0.25, 0.3) is 0 Å². The first-order valence-electron chi connectivity index (χ1n) is 7.76. The molecule has 0 aromatic heterocycles. The normalized spacial score (nSPS) is 11.7. The van der Waals surface area contributed by atoms with Gasteiger partial charge in [0.05, 0.1) is 16.6 Å². The quantitative estimate of drug-likeness (QED) is 0.768. The fourth-order valence-corrected chi connectivity index (χ4v) is 3.34. The van der Waals surface area contributed by atoms with Crippen LogP contribution in [0.25, 0.3) is 0 Å². The molecule has 1 amide bonds. The zero-order chi connectivity index (χ0) is 18.6. The minimum absolute atomic E-state index is 0.0836. The summed E-state index contributed by atoms with van der Waals surface area (Å²) in [6.07, 6.45) is -0.476. The van der Waals surface area contributed by atoms with Crippen molar-refractivity contribution in [1.82, 2.24) is 4.90 Å². The van der Waals surface area contributed by atoms with Crippen LogP contribution in [0.4, 0.5) is 4.79 Å². The lowest BCUT2D eigenvalue weighted by atomic mass is 10.0. The van der Waals surface area contributed by atoms with Crippen LogP contribution < -0.4 is 4.74 Å². The second-order valence-corrected chi connectivity index (χ2v) is 7.38. The Kier molecular flexibility index (Phi) is 6.09. The van der Waals surface area contributed by atoms with E-state index < -0.39 is 16.9 Å². The second-order valence-electron chi connectivity index (χ2n) is 5.93. The van der Waals surface area contributed by atoms with Crippen LogP contribution in [0, 0.1) is 13.8 Å². The molecule has 0 fully saturated rings. The van der Waals surface area contributed by atoms with E-state index in [1.165, 1.54) is 4.90 Å². The standard InChI is InChI=1S/C19H21NO4S/c1-13-10-15(11-14(2)18(13)24-19(22)20(3)4)17(21)12-25(23)16-8-6-5-7-9-16/h5-11H,12H2,1-4H3/t25-/m0/s1. The summed E-state index contributed by atoms with van der Waals surface area (Å²) in [5.41, 5.74) is 1.83. The molecular formula is C19H21NO4S. The summed E-state index contributed by atoms with van der Waals surface area (Å²) in [7, 11) is 1.81. The van der Waals surface area contributed by atoms with Crippen LogP contribution >= 0.6 is 0 Å². The number of ketones is 1. The Morgan fingerprint density at radius 1 is 1.04 bits per heavy atom. The SMILES string of the molecule is Cc1cc(C(=O)C[S@](=O)c2ccccc2)cc(C)c1OC(=O)N(C)C. The monoisotopic (exact) mass is 359 g/mol. The van der Waals surface area contributed by atoms with Gasteiger partial charge in [-0.25, -0.2) is 4.79 Å². The van der Waals surface area contributed by atoms with Gasteiger partial charge in [0.2, 0.25) is 0 Å². The van der Waals surface area contributed by atoms with E-state index >= 15 is 0 Å². The average Bonchev–Trinajstić information content (AvgIpc) is 2.58. The lowest BCUT2D eigenvalue weighted by molar-refractivity contribution is 0.102. The van der Waals surface area contributed by atoms with Crippen LogP contribution in [0.1, 0.15) is 21.5 Å². The number of benzene rings is 2. The molecule has 2 rings (SSSR count). The Morgan fingerprint density at radius 3 is 2.12 bits per heavy atom. The number of nitrogens with zero attached hydrogens (tertiary/aromatic N) is 1. The number of Topliss-reactive ketones (excluding diaryl/α,β-unsaturated/α-hetero) is 1. The van der Waals surface area contributed by atoms with Crippen molar-refractivity contribution in [2.24, 2.45) is 0 Å². The molecule has 0 unspecified atom stereocenters. The highest BCUT2D eigenvalue weighted by atomic mass is 32.2. The fourth-order valence-electron chi connectivity index (χ4n) is 2.31. The predicted molar refractivity (Wildman–Crippen MR) is 97.7 cm³/mol. The molecule has 0 saturated carbocycles. The highest BCUT2D eigenvalue weighted by molar-refractivity contribution is 7.85. The molecule has 0 aliphatic carbocycles. The van der Waals surface area contributed by atoms with Crippen LogP contribution in [0.5, 0.6) is 5.75 Å². The third kappa shape index (κ3) is 4.76. The number of carbonyl (C=O) groups excluding carboxylic acids is 2. The van der Waals surface area contributed by atoms with E-state index in [2.05, 4.69) is 0 Å². The first-order chi connectivity index (χ1) is 11.8. The maximum absolute atomic E-state index is 12.5. The maximum Gasteiger partial charge on any atom is 0.414 e. The summed E-state index contributed by atoms with van der Waals surface area (Å²) in [6.45, 7) is 3.55. The number of amides is 1. The van der Waals surface area contributed by atoms with Gasteiger partial charge >= 0.3 is 6.09 Å². The highest BCUT2D eigenvalue weighted by Crippen LogP contribution is 2.26. The fraction of sp³-hybridized carbons (Fsp3) is 0.263. The van der Waals surface area contributed by atoms with Gasteiger partial charge in [-0.15, -0.1) is 0 Å². The number of rotatable bonds is 5. The van der Waals surface area contributed by atoms with Crippen molar-refractivity contribution in [1.29, 1.82) is 0 Å². The van der Waals surface area contributed by atoms with E-state index in [0.29, 0.717) is 27.3 Å². The number of hydrogen-bond acceptors (Lipinski definition) is 4. The molecule has 2 aromatic rings. The molecule has 5 nitrogen and oxygen atoms in total. The molecule has 132 valence electrons. The van der Waals surface area contributed by atoms with Crippen molar-refractivity contribution >= 4 is 22.7 Å². The third-order valence-corrected chi connectivity index (χ3v) is 4.93. The van der Waals surface area contributed by atoms with Crippen molar-refractivity contribution in [3.8, 4) is 5.75 Å². The Hall–Kier alpha value is -2.47. The van der Waals surface area contributed by atoms with Gasteiger partial charge in [-0.3, -0.25) is 9.00 Å². The van der Waals surface area contributed by atoms with Crippen LogP contribution in [0.15, 0.2) is 47.4 Å².